The van der Waals surface area contributed by atoms with Gasteiger partial charge in [-0.2, -0.15) is 5.26 Å². The van der Waals surface area contributed by atoms with Gasteiger partial charge < -0.3 is 10.3 Å². The number of H-pyrrole nitrogens is 1. The molecule has 0 aromatic carbocycles. The van der Waals surface area contributed by atoms with Crippen molar-refractivity contribution in [1.29, 1.82) is 5.26 Å². The van der Waals surface area contributed by atoms with Gasteiger partial charge in [0.2, 0.25) is 0 Å². The third kappa shape index (κ3) is 4.61. The molecule has 1 rings (SSSR count). The molecule has 1 aromatic heterocycles. The van der Waals surface area contributed by atoms with Crippen LogP contribution in [0.1, 0.15) is 32.4 Å². The topological polar surface area (TPSA) is 64.5 Å². The Hall–Kier alpha value is -1.34. The first-order valence-corrected chi connectivity index (χ1v) is 5.19. The lowest BCUT2D eigenvalue weighted by Gasteiger charge is -2.23. The summed E-state index contributed by atoms with van der Waals surface area (Å²) in [5.74, 6) is 0. The third-order valence-electron chi connectivity index (χ3n) is 2.39. The maximum atomic E-state index is 8.52. The predicted octanol–water partition coefficient (Wildman–Crippen LogP) is 1.83. The molecule has 0 radical (unpaired) electrons. The number of aromatic nitrogens is 2. The van der Waals surface area contributed by atoms with Crippen LogP contribution in [0.5, 0.6) is 0 Å². The van der Waals surface area contributed by atoms with Crippen molar-refractivity contribution in [2.45, 2.75) is 33.2 Å². The first-order valence-electron chi connectivity index (χ1n) is 5.19. The summed E-state index contributed by atoms with van der Waals surface area (Å²) in [6, 6.07) is 2.18. The molecule has 0 unspecified atom stereocenters. The molecule has 0 aliphatic rings. The van der Waals surface area contributed by atoms with Gasteiger partial charge in [-0.05, 0) is 11.8 Å². The second kappa shape index (κ2) is 5.52. The molecule has 0 aliphatic heterocycles. The maximum absolute atomic E-state index is 8.52. The van der Waals surface area contributed by atoms with Crippen LogP contribution < -0.4 is 5.32 Å². The van der Waals surface area contributed by atoms with Crippen molar-refractivity contribution < 1.29 is 0 Å². The Morgan fingerprint density at radius 1 is 1.60 bits per heavy atom. The predicted molar refractivity (Wildman–Crippen MR) is 58.9 cm³/mol. The van der Waals surface area contributed by atoms with Gasteiger partial charge in [0.05, 0.1) is 12.4 Å². The van der Waals surface area contributed by atoms with Crippen molar-refractivity contribution in [2.24, 2.45) is 5.41 Å². The van der Waals surface area contributed by atoms with E-state index in [1.54, 1.807) is 6.33 Å². The van der Waals surface area contributed by atoms with E-state index in [1.165, 1.54) is 0 Å². The van der Waals surface area contributed by atoms with E-state index < -0.39 is 0 Å². The fraction of sp³-hybridized carbons (Fsp3) is 0.636. The number of rotatable bonds is 6. The Balaban J connectivity index is 2.21. The number of hydrogen-bond donors (Lipinski definition) is 2. The summed E-state index contributed by atoms with van der Waals surface area (Å²) < 4.78 is 0. The van der Waals surface area contributed by atoms with E-state index >= 15 is 0 Å². The number of nitrogens with zero attached hydrogens (tertiary/aromatic N) is 2. The molecule has 4 nitrogen and oxygen atoms in total. The molecule has 0 aliphatic carbocycles. The summed E-state index contributed by atoms with van der Waals surface area (Å²) in [4.78, 5) is 6.99. The first-order chi connectivity index (χ1) is 7.14. The Kier molecular flexibility index (Phi) is 4.32. The highest BCUT2D eigenvalue weighted by Crippen LogP contribution is 2.20. The molecule has 15 heavy (non-hydrogen) atoms. The van der Waals surface area contributed by atoms with Gasteiger partial charge in [-0.25, -0.2) is 4.98 Å². The second-order valence-corrected chi connectivity index (χ2v) is 4.50. The average Bonchev–Trinajstić information content (AvgIpc) is 2.67. The van der Waals surface area contributed by atoms with Crippen molar-refractivity contribution in [1.82, 2.24) is 15.3 Å². The molecular formula is C11H18N4. The summed E-state index contributed by atoms with van der Waals surface area (Å²) in [7, 11) is 0. The number of nitriles is 1. The van der Waals surface area contributed by atoms with E-state index in [2.05, 4.69) is 35.2 Å². The van der Waals surface area contributed by atoms with E-state index in [0.717, 1.165) is 25.2 Å². The molecule has 0 amide bonds. The molecule has 1 aromatic rings. The molecule has 0 atom stereocenters. The molecule has 0 saturated heterocycles. The van der Waals surface area contributed by atoms with Gasteiger partial charge >= 0.3 is 0 Å². The standard InChI is InChI=1S/C11H18N4/c1-11(2,4-3-5-12)8-13-6-10-7-14-9-15-10/h7,9,13H,3-4,6,8H2,1-2H3,(H,14,15). The van der Waals surface area contributed by atoms with Crippen molar-refractivity contribution in [3.8, 4) is 6.07 Å². The minimum atomic E-state index is 0.176. The summed E-state index contributed by atoms with van der Waals surface area (Å²) in [5, 5.41) is 11.9. The zero-order chi connectivity index (χ0) is 11.1. The van der Waals surface area contributed by atoms with Crippen LogP contribution in [0.4, 0.5) is 0 Å². The van der Waals surface area contributed by atoms with Crippen LogP contribution >= 0.6 is 0 Å². The summed E-state index contributed by atoms with van der Waals surface area (Å²) >= 11 is 0. The van der Waals surface area contributed by atoms with Gasteiger partial charge in [0.25, 0.3) is 0 Å². The lowest BCUT2D eigenvalue weighted by Crippen LogP contribution is -2.29. The Morgan fingerprint density at radius 3 is 3.00 bits per heavy atom. The van der Waals surface area contributed by atoms with E-state index in [-0.39, 0.29) is 5.41 Å². The number of hydrogen-bond acceptors (Lipinski definition) is 3. The molecule has 1 heterocycles. The normalized spacial score (nSPS) is 11.3. The molecule has 0 spiro atoms. The van der Waals surface area contributed by atoms with E-state index in [0.29, 0.717) is 6.42 Å². The van der Waals surface area contributed by atoms with E-state index in [1.807, 2.05) is 6.20 Å². The molecule has 0 fully saturated rings. The lowest BCUT2D eigenvalue weighted by atomic mass is 9.88. The summed E-state index contributed by atoms with van der Waals surface area (Å²) in [6.07, 6.45) is 5.05. The van der Waals surface area contributed by atoms with E-state index in [4.69, 9.17) is 5.26 Å². The first kappa shape index (κ1) is 11.7. The SMILES string of the molecule is CC(C)(CCC#N)CNCc1cnc[nH]1. The van der Waals surface area contributed by atoms with Crippen LogP contribution in [0, 0.1) is 16.7 Å². The smallest absolute Gasteiger partial charge is 0.0922 e. The maximum Gasteiger partial charge on any atom is 0.0922 e. The van der Waals surface area contributed by atoms with Gasteiger partial charge in [-0.3, -0.25) is 0 Å². The van der Waals surface area contributed by atoms with Crippen molar-refractivity contribution in [3.05, 3.63) is 18.2 Å². The summed E-state index contributed by atoms with van der Waals surface area (Å²) in [5.41, 5.74) is 1.27. The van der Waals surface area contributed by atoms with Crippen LogP contribution in [-0.2, 0) is 6.54 Å². The zero-order valence-corrected chi connectivity index (χ0v) is 9.38. The van der Waals surface area contributed by atoms with Gasteiger partial charge in [-0.15, -0.1) is 0 Å². The molecule has 82 valence electrons. The highest BCUT2D eigenvalue weighted by molar-refractivity contribution is 4.93. The van der Waals surface area contributed by atoms with Crippen LogP contribution in [-0.4, -0.2) is 16.5 Å². The van der Waals surface area contributed by atoms with Gasteiger partial charge in [0.1, 0.15) is 0 Å². The molecule has 2 N–H and O–H groups in total. The number of aromatic amines is 1. The van der Waals surface area contributed by atoms with Crippen molar-refractivity contribution >= 4 is 0 Å². The van der Waals surface area contributed by atoms with Gasteiger partial charge in [0, 0.05) is 31.4 Å². The second-order valence-electron chi connectivity index (χ2n) is 4.50. The average molecular weight is 206 g/mol. The zero-order valence-electron chi connectivity index (χ0n) is 9.38. The third-order valence-corrected chi connectivity index (χ3v) is 2.39. The van der Waals surface area contributed by atoms with Crippen LogP contribution in [0.15, 0.2) is 12.5 Å². The molecule has 4 heteroatoms. The monoisotopic (exact) mass is 206 g/mol. The minimum Gasteiger partial charge on any atom is -0.347 e. The molecule has 0 bridgehead atoms. The largest absolute Gasteiger partial charge is 0.347 e. The fourth-order valence-electron chi connectivity index (χ4n) is 1.40. The Bertz CT molecular complexity index is 308. The van der Waals surface area contributed by atoms with Crippen LogP contribution in [0.3, 0.4) is 0 Å². The Morgan fingerprint density at radius 2 is 2.40 bits per heavy atom. The minimum absolute atomic E-state index is 0.176. The summed E-state index contributed by atoms with van der Waals surface area (Å²) in [6.45, 7) is 6.05. The fourth-order valence-corrected chi connectivity index (χ4v) is 1.40. The number of imidazole rings is 1. The van der Waals surface area contributed by atoms with Crippen molar-refractivity contribution in [2.75, 3.05) is 6.54 Å². The van der Waals surface area contributed by atoms with Crippen LogP contribution in [0.25, 0.3) is 0 Å². The van der Waals surface area contributed by atoms with Gasteiger partial charge in [-0.1, -0.05) is 13.8 Å². The van der Waals surface area contributed by atoms with Crippen molar-refractivity contribution in [3.63, 3.8) is 0 Å². The van der Waals surface area contributed by atoms with E-state index in [9.17, 15) is 0 Å². The highest BCUT2D eigenvalue weighted by Gasteiger charge is 2.16. The van der Waals surface area contributed by atoms with Gasteiger partial charge in [0.15, 0.2) is 0 Å². The Labute approximate surface area is 90.7 Å². The molecule has 0 saturated carbocycles. The quantitative estimate of drug-likeness (QED) is 0.746. The van der Waals surface area contributed by atoms with Crippen LogP contribution in [0.2, 0.25) is 0 Å². The molecular weight excluding hydrogens is 188 g/mol. The highest BCUT2D eigenvalue weighted by atomic mass is 14.9. The number of nitrogens with one attached hydrogen (secondary N) is 2. The lowest BCUT2D eigenvalue weighted by molar-refractivity contribution is 0.317.